The summed E-state index contributed by atoms with van der Waals surface area (Å²) in [5, 5.41) is 3.29. The zero-order valence-corrected chi connectivity index (χ0v) is 14.2. The van der Waals surface area contributed by atoms with E-state index in [1.807, 2.05) is 19.2 Å². The summed E-state index contributed by atoms with van der Waals surface area (Å²) in [5.74, 6) is -0.213. The third-order valence-electron chi connectivity index (χ3n) is 3.06. The largest absolute Gasteiger partial charge is 0.313 e. The smallest absolute Gasteiger partial charge is 0.137 e. The minimum absolute atomic E-state index is 0.174. The molecular weight excluding hydrogens is 420 g/mol. The average Bonchev–Trinajstić information content (AvgIpc) is 2.40. The summed E-state index contributed by atoms with van der Waals surface area (Å²) in [5.41, 5.74) is 2.18. The van der Waals surface area contributed by atoms with Crippen molar-refractivity contribution in [1.82, 2.24) is 5.32 Å². The topological polar surface area (TPSA) is 12.0 Å². The number of hydrogen-bond acceptors (Lipinski definition) is 1. The monoisotopic (exact) mass is 433 g/mol. The first kappa shape index (κ1) is 14.9. The number of halogens is 3. The molecule has 0 heterocycles. The Balaban J connectivity index is 2.26. The molecule has 0 amide bonds. The van der Waals surface area contributed by atoms with Gasteiger partial charge in [0.25, 0.3) is 0 Å². The number of nitrogens with one attached hydrogen (secondary N) is 1. The molecule has 1 N–H and O–H groups in total. The molecule has 0 aliphatic heterocycles. The van der Waals surface area contributed by atoms with E-state index in [1.165, 1.54) is 15.2 Å². The second-order valence-corrected chi connectivity index (χ2v) is 6.35. The minimum Gasteiger partial charge on any atom is -0.313 e. The molecule has 2 aromatic carbocycles. The van der Waals surface area contributed by atoms with Crippen LogP contribution in [-0.2, 0) is 6.42 Å². The van der Waals surface area contributed by atoms with E-state index < -0.39 is 0 Å². The Kier molecular flexibility index (Phi) is 5.36. The summed E-state index contributed by atoms with van der Waals surface area (Å²) in [6.07, 6.45) is 0.745. The van der Waals surface area contributed by atoms with E-state index in [4.69, 9.17) is 0 Å². The van der Waals surface area contributed by atoms with Crippen molar-refractivity contribution in [2.45, 2.75) is 12.5 Å². The number of rotatable bonds is 4. The van der Waals surface area contributed by atoms with Gasteiger partial charge in [0.15, 0.2) is 0 Å². The molecule has 1 unspecified atom stereocenters. The van der Waals surface area contributed by atoms with Crippen molar-refractivity contribution in [3.05, 3.63) is 67.5 Å². The molecule has 2 aromatic rings. The Morgan fingerprint density at radius 3 is 2.68 bits per heavy atom. The molecule has 0 bridgehead atoms. The molecule has 0 fully saturated rings. The van der Waals surface area contributed by atoms with Crippen LogP contribution in [0.5, 0.6) is 0 Å². The second-order valence-electron chi connectivity index (χ2n) is 4.31. The summed E-state index contributed by atoms with van der Waals surface area (Å²) in [6.45, 7) is 0. The molecule has 2 rings (SSSR count). The van der Waals surface area contributed by atoms with Crippen molar-refractivity contribution < 1.29 is 4.39 Å². The maximum absolute atomic E-state index is 13.5. The summed E-state index contributed by atoms with van der Waals surface area (Å²) < 4.78 is 15.3. The first-order valence-corrected chi connectivity index (χ1v) is 7.84. The van der Waals surface area contributed by atoms with Crippen LogP contribution in [0.25, 0.3) is 0 Å². The predicted octanol–water partition coefficient (Wildman–Crippen LogP) is 4.70. The molecule has 0 aromatic heterocycles. The summed E-state index contributed by atoms with van der Waals surface area (Å²) in [4.78, 5) is 0. The summed E-state index contributed by atoms with van der Waals surface area (Å²) in [7, 11) is 1.93. The molecule has 1 atom stereocenters. The van der Waals surface area contributed by atoms with E-state index in [9.17, 15) is 4.39 Å². The highest BCUT2D eigenvalue weighted by Crippen LogP contribution is 2.26. The molecule has 1 nitrogen and oxygen atoms in total. The number of benzene rings is 2. The normalized spacial score (nSPS) is 12.4. The first-order valence-electron chi connectivity index (χ1n) is 5.97. The quantitative estimate of drug-likeness (QED) is 0.689. The highest BCUT2D eigenvalue weighted by molar-refractivity contribution is 14.1. The van der Waals surface area contributed by atoms with Crippen LogP contribution in [0.2, 0.25) is 0 Å². The van der Waals surface area contributed by atoms with Gasteiger partial charge >= 0.3 is 0 Å². The molecule has 0 spiro atoms. The lowest BCUT2D eigenvalue weighted by atomic mass is 9.99. The van der Waals surface area contributed by atoms with Gasteiger partial charge < -0.3 is 5.32 Å². The lowest BCUT2D eigenvalue weighted by Gasteiger charge is -2.18. The van der Waals surface area contributed by atoms with E-state index in [0.29, 0.717) is 4.47 Å². The van der Waals surface area contributed by atoms with Crippen LogP contribution in [-0.4, -0.2) is 7.05 Å². The minimum atomic E-state index is -0.213. The van der Waals surface area contributed by atoms with Crippen LogP contribution in [0, 0.1) is 9.39 Å². The van der Waals surface area contributed by atoms with Gasteiger partial charge in [-0.25, -0.2) is 4.39 Å². The fourth-order valence-electron chi connectivity index (χ4n) is 2.04. The van der Waals surface area contributed by atoms with Gasteiger partial charge in [-0.1, -0.05) is 24.3 Å². The molecule has 0 saturated heterocycles. The standard InChI is InChI=1S/C15H14BrFIN/c1-19-14(10-4-2-6-12(18)8-10)9-11-5-3-7-13(17)15(11)16/h2-8,14,19H,9H2,1H3. The van der Waals surface area contributed by atoms with E-state index >= 15 is 0 Å². The van der Waals surface area contributed by atoms with Gasteiger partial charge in [0.1, 0.15) is 5.82 Å². The van der Waals surface area contributed by atoms with E-state index in [-0.39, 0.29) is 11.9 Å². The Labute approximate surface area is 134 Å². The van der Waals surface area contributed by atoms with E-state index in [1.54, 1.807) is 6.07 Å². The van der Waals surface area contributed by atoms with Gasteiger partial charge in [-0.2, -0.15) is 0 Å². The maximum atomic E-state index is 13.5. The van der Waals surface area contributed by atoms with Crippen molar-refractivity contribution in [3.8, 4) is 0 Å². The summed E-state index contributed by atoms with van der Waals surface area (Å²) in [6, 6.07) is 13.7. The van der Waals surface area contributed by atoms with Gasteiger partial charge in [0.2, 0.25) is 0 Å². The SMILES string of the molecule is CNC(Cc1cccc(F)c1Br)c1cccc(I)c1. The Morgan fingerprint density at radius 1 is 1.26 bits per heavy atom. The zero-order chi connectivity index (χ0) is 13.8. The van der Waals surface area contributed by atoms with Crippen molar-refractivity contribution in [3.63, 3.8) is 0 Å². The maximum Gasteiger partial charge on any atom is 0.137 e. The van der Waals surface area contributed by atoms with E-state index in [0.717, 1.165) is 12.0 Å². The van der Waals surface area contributed by atoms with Crippen molar-refractivity contribution in [2.24, 2.45) is 0 Å². The Morgan fingerprint density at radius 2 is 2.00 bits per heavy atom. The van der Waals surface area contributed by atoms with Crippen LogP contribution >= 0.6 is 38.5 Å². The fraction of sp³-hybridized carbons (Fsp3) is 0.200. The number of likely N-dealkylation sites (N-methyl/N-ethyl adjacent to an activating group) is 1. The molecule has 4 heteroatoms. The summed E-state index contributed by atoms with van der Waals surface area (Å²) >= 11 is 5.62. The molecule has 0 saturated carbocycles. The van der Waals surface area contributed by atoms with Crippen molar-refractivity contribution in [1.29, 1.82) is 0 Å². The van der Waals surface area contributed by atoms with Crippen LogP contribution in [0.3, 0.4) is 0 Å². The third kappa shape index (κ3) is 3.77. The highest BCUT2D eigenvalue weighted by atomic mass is 127. The second kappa shape index (κ2) is 6.81. The highest BCUT2D eigenvalue weighted by Gasteiger charge is 2.13. The Hall–Kier alpha value is -0.460. The van der Waals surface area contributed by atoms with Crippen LogP contribution < -0.4 is 5.32 Å². The van der Waals surface area contributed by atoms with Crippen LogP contribution in [0.1, 0.15) is 17.2 Å². The molecule has 0 aliphatic rings. The van der Waals surface area contributed by atoms with Crippen molar-refractivity contribution in [2.75, 3.05) is 7.05 Å². The lowest BCUT2D eigenvalue weighted by Crippen LogP contribution is -2.19. The van der Waals surface area contributed by atoms with E-state index in [2.05, 4.69) is 62.0 Å². The molecule has 0 aliphatic carbocycles. The van der Waals surface area contributed by atoms with Gasteiger partial charge in [-0.15, -0.1) is 0 Å². The fourth-order valence-corrected chi connectivity index (χ4v) is 3.03. The number of hydrogen-bond donors (Lipinski definition) is 1. The predicted molar refractivity (Wildman–Crippen MR) is 88.8 cm³/mol. The molecule has 100 valence electrons. The van der Waals surface area contributed by atoms with Crippen LogP contribution in [0.15, 0.2) is 46.9 Å². The lowest BCUT2D eigenvalue weighted by molar-refractivity contribution is 0.580. The van der Waals surface area contributed by atoms with Gasteiger partial charge in [0.05, 0.1) is 4.47 Å². The molecule has 19 heavy (non-hydrogen) atoms. The Bertz CT molecular complexity index is 574. The average molecular weight is 434 g/mol. The van der Waals surface area contributed by atoms with Gasteiger partial charge in [-0.05, 0) is 81.3 Å². The van der Waals surface area contributed by atoms with Gasteiger partial charge in [0, 0.05) is 9.61 Å². The van der Waals surface area contributed by atoms with Crippen LogP contribution in [0.4, 0.5) is 4.39 Å². The van der Waals surface area contributed by atoms with Crippen molar-refractivity contribution >= 4 is 38.5 Å². The van der Waals surface area contributed by atoms with Gasteiger partial charge in [-0.3, -0.25) is 0 Å². The zero-order valence-electron chi connectivity index (χ0n) is 10.5. The molecule has 0 radical (unpaired) electrons. The first-order chi connectivity index (χ1) is 9.11. The third-order valence-corrected chi connectivity index (χ3v) is 4.61. The molecular formula is C15H14BrFIN.